The van der Waals surface area contributed by atoms with Crippen LogP contribution in [0, 0.1) is 3.57 Å². The highest BCUT2D eigenvalue weighted by Gasteiger charge is 2.37. The molecule has 2 aliphatic heterocycles. The number of nitrogens with zero attached hydrogens (tertiary/aromatic N) is 2. The molecule has 3 amide bonds. The lowest BCUT2D eigenvalue weighted by Crippen LogP contribution is -2.46. The number of thioether (sulfide) groups is 1. The van der Waals surface area contributed by atoms with Gasteiger partial charge >= 0.3 is 5.97 Å². The van der Waals surface area contributed by atoms with E-state index in [4.69, 9.17) is 14.2 Å². The number of imide groups is 1. The van der Waals surface area contributed by atoms with Gasteiger partial charge in [-0.2, -0.15) is 0 Å². The third-order valence-electron chi connectivity index (χ3n) is 4.64. The Morgan fingerprint density at radius 3 is 2.59 bits per heavy atom. The average molecular weight is 576 g/mol. The fourth-order valence-corrected chi connectivity index (χ4v) is 4.61. The van der Waals surface area contributed by atoms with E-state index in [2.05, 4.69) is 4.74 Å². The molecule has 0 saturated carbocycles. The molecule has 0 unspecified atom stereocenters. The van der Waals surface area contributed by atoms with Crippen molar-refractivity contribution in [3.63, 3.8) is 0 Å². The molecule has 3 rings (SSSR count). The molecule has 12 heteroatoms. The van der Waals surface area contributed by atoms with Crippen molar-refractivity contribution >= 4 is 63.5 Å². The number of esters is 1. The predicted molar refractivity (Wildman–Crippen MR) is 123 cm³/mol. The number of ether oxygens (including phenoxy) is 4. The van der Waals surface area contributed by atoms with Gasteiger partial charge in [0.1, 0.15) is 6.54 Å². The van der Waals surface area contributed by atoms with Crippen LogP contribution in [0.5, 0.6) is 11.5 Å². The van der Waals surface area contributed by atoms with Crippen molar-refractivity contribution in [1.82, 2.24) is 9.80 Å². The van der Waals surface area contributed by atoms with Crippen LogP contribution in [-0.2, 0) is 23.9 Å². The third-order valence-corrected chi connectivity index (χ3v) is 6.35. The molecule has 172 valence electrons. The summed E-state index contributed by atoms with van der Waals surface area (Å²) in [6.07, 6.45) is 1.55. The van der Waals surface area contributed by atoms with E-state index in [0.29, 0.717) is 46.9 Å². The summed E-state index contributed by atoms with van der Waals surface area (Å²) in [6, 6.07) is 3.35. The quantitative estimate of drug-likeness (QED) is 0.272. The topological polar surface area (TPSA) is 112 Å². The van der Waals surface area contributed by atoms with Crippen molar-refractivity contribution in [3.05, 3.63) is 26.2 Å². The number of rotatable bonds is 7. The van der Waals surface area contributed by atoms with Gasteiger partial charge in [0, 0.05) is 13.1 Å². The lowest BCUT2D eigenvalue weighted by Gasteiger charge is -2.28. The Kier molecular flexibility index (Phi) is 8.37. The minimum absolute atomic E-state index is 0.200. The Labute approximate surface area is 202 Å². The maximum atomic E-state index is 12.8. The summed E-state index contributed by atoms with van der Waals surface area (Å²) in [6.45, 7) is 1.17. The second kappa shape index (κ2) is 11.0. The SMILES string of the molecule is COC(=O)COc1c(I)cc(/C=C2\SC(=O)N(CC(=O)N3CCOCC3)C2=O)cc1OC. The second-order valence-electron chi connectivity index (χ2n) is 6.66. The second-order valence-corrected chi connectivity index (χ2v) is 8.82. The number of benzene rings is 1. The van der Waals surface area contributed by atoms with Crippen molar-refractivity contribution in [2.24, 2.45) is 0 Å². The summed E-state index contributed by atoms with van der Waals surface area (Å²) < 4.78 is 21.2. The fourth-order valence-electron chi connectivity index (χ4n) is 2.99. The number of halogens is 1. The normalized spacial score (nSPS) is 17.7. The first kappa shape index (κ1) is 24.3. The largest absolute Gasteiger partial charge is 0.493 e. The van der Waals surface area contributed by atoms with E-state index in [-0.39, 0.29) is 24.0 Å². The van der Waals surface area contributed by atoms with Crippen LogP contribution in [0.3, 0.4) is 0 Å². The molecule has 2 aliphatic rings. The molecule has 10 nitrogen and oxygen atoms in total. The number of carbonyl (C=O) groups is 4. The summed E-state index contributed by atoms with van der Waals surface area (Å²) in [5.41, 5.74) is 0.599. The summed E-state index contributed by atoms with van der Waals surface area (Å²) in [4.78, 5) is 51.7. The Balaban J connectivity index is 1.75. The summed E-state index contributed by atoms with van der Waals surface area (Å²) in [7, 11) is 2.71. The smallest absolute Gasteiger partial charge is 0.343 e. The standard InChI is InChI=1S/C20H21IN2O8S/c1-28-14-8-12(7-13(21)18(14)31-11-17(25)29-2)9-15-19(26)23(20(27)32-15)10-16(24)22-3-5-30-6-4-22/h7-9H,3-6,10-11H2,1-2H3/b15-9-. The van der Waals surface area contributed by atoms with E-state index in [9.17, 15) is 19.2 Å². The number of amides is 3. The van der Waals surface area contributed by atoms with E-state index in [1.807, 2.05) is 22.6 Å². The maximum Gasteiger partial charge on any atom is 0.343 e. The van der Waals surface area contributed by atoms with Crippen molar-refractivity contribution in [2.45, 2.75) is 0 Å². The summed E-state index contributed by atoms with van der Waals surface area (Å²) in [5, 5.41) is -0.498. The third kappa shape index (κ3) is 5.72. The van der Waals surface area contributed by atoms with Crippen LogP contribution in [0.2, 0.25) is 0 Å². The van der Waals surface area contributed by atoms with Crippen LogP contribution in [0.1, 0.15) is 5.56 Å². The molecule has 0 radical (unpaired) electrons. The Morgan fingerprint density at radius 1 is 1.22 bits per heavy atom. The van der Waals surface area contributed by atoms with Gasteiger partial charge in [-0.3, -0.25) is 19.3 Å². The van der Waals surface area contributed by atoms with E-state index in [0.717, 1.165) is 16.7 Å². The van der Waals surface area contributed by atoms with Gasteiger partial charge in [0.15, 0.2) is 18.1 Å². The zero-order chi connectivity index (χ0) is 23.3. The highest BCUT2D eigenvalue weighted by atomic mass is 127. The molecule has 0 bridgehead atoms. The van der Waals surface area contributed by atoms with Crippen LogP contribution < -0.4 is 9.47 Å². The average Bonchev–Trinajstić information content (AvgIpc) is 3.05. The Morgan fingerprint density at radius 2 is 1.94 bits per heavy atom. The molecule has 2 fully saturated rings. The number of hydrogen-bond acceptors (Lipinski definition) is 9. The lowest BCUT2D eigenvalue weighted by atomic mass is 10.2. The van der Waals surface area contributed by atoms with Crippen LogP contribution in [0.4, 0.5) is 4.79 Å². The maximum absolute atomic E-state index is 12.8. The van der Waals surface area contributed by atoms with Crippen LogP contribution >= 0.6 is 34.4 Å². The van der Waals surface area contributed by atoms with Crippen molar-refractivity contribution < 1.29 is 38.1 Å². The van der Waals surface area contributed by atoms with Gasteiger partial charge in [-0.25, -0.2) is 4.79 Å². The van der Waals surface area contributed by atoms with E-state index >= 15 is 0 Å². The molecule has 1 aromatic carbocycles. The Hall–Kier alpha value is -2.32. The first-order valence-corrected chi connectivity index (χ1v) is 11.4. The van der Waals surface area contributed by atoms with Gasteiger partial charge in [-0.05, 0) is 58.1 Å². The molecule has 2 saturated heterocycles. The molecule has 2 heterocycles. The number of hydrogen-bond donors (Lipinski definition) is 0. The molecule has 1 aromatic rings. The zero-order valence-corrected chi connectivity index (χ0v) is 20.4. The zero-order valence-electron chi connectivity index (χ0n) is 17.4. The van der Waals surface area contributed by atoms with Crippen LogP contribution in [0.15, 0.2) is 17.0 Å². The van der Waals surface area contributed by atoms with Gasteiger partial charge in [0.05, 0.1) is 35.9 Å². The van der Waals surface area contributed by atoms with Crippen molar-refractivity contribution in [1.29, 1.82) is 0 Å². The first-order valence-electron chi connectivity index (χ1n) is 9.52. The number of carbonyl (C=O) groups excluding carboxylic acids is 4. The molecule has 32 heavy (non-hydrogen) atoms. The first-order chi connectivity index (χ1) is 15.3. The fraction of sp³-hybridized carbons (Fsp3) is 0.400. The van der Waals surface area contributed by atoms with Crippen LogP contribution in [0.25, 0.3) is 6.08 Å². The van der Waals surface area contributed by atoms with Gasteiger partial charge in [-0.1, -0.05) is 0 Å². The van der Waals surface area contributed by atoms with Gasteiger partial charge < -0.3 is 23.8 Å². The van der Waals surface area contributed by atoms with Gasteiger partial charge in [0.25, 0.3) is 11.1 Å². The molecule has 0 N–H and O–H groups in total. The Bertz CT molecular complexity index is 961. The summed E-state index contributed by atoms with van der Waals surface area (Å²) in [5.74, 6) is -0.636. The lowest BCUT2D eigenvalue weighted by molar-refractivity contribution is -0.143. The van der Waals surface area contributed by atoms with E-state index in [1.165, 1.54) is 14.2 Å². The van der Waals surface area contributed by atoms with Gasteiger partial charge in [0.2, 0.25) is 5.91 Å². The molecular weight excluding hydrogens is 555 g/mol. The van der Waals surface area contributed by atoms with Crippen molar-refractivity contribution in [3.8, 4) is 11.5 Å². The van der Waals surface area contributed by atoms with E-state index < -0.39 is 17.1 Å². The minimum Gasteiger partial charge on any atom is -0.493 e. The molecule has 0 spiro atoms. The highest BCUT2D eigenvalue weighted by Crippen LogP contribution is 2.37. The van der Waals surface area contributed by atoms with Gasteiger partial charge in [-0.15, -0.1) is 0 Å². The van der Waals surface area contributed by atoms with Crippen LogP contribution in [-0.4, -0.2) is 86.5 Å². The highest BCUT2D eigenvalue weighted by molar-refractivity contribution is 14.1. The molecule has 0 aromatic heterocycles. The number of methoxy groups -OCH3 is 2. The molecule has 0 aliphatic carbocycles. The monoisotopic (exact) mass is 576 g/mol. The predicted octanol–water partition coefficient (Wildman–Crippen LogP) is 1.75. The van der Waals surface area contributed by atoms with E-state index in [1.54, 1.807) is 23.1 Å². The summed E-state index contributed by atoms with van der Waals surface area (Å²) >= 11 is 2.79. The number of morpholine rings is 1. The molecular formula is C20H21IN2O8S. The van der Waals surface area contributed by atoms with Crippen molar-refractivity contribution in [2.75, 3.05) is 53.7 Å². The molecule has 0 atom stereocenters. The minimum atomic E-state index is -0.535.